The van der Waals surface area contributed by atoms with Gasteiger partial charge in [-0.3, -0.25) is 5.32 Å². The normalized spacial score (nSPS) is 10.6. The van der Waals surface area contributed by atoms with Gasteiger partial charge in [-0.25, -0.2) is 19.7 Å². The zero-order chi connectivity index (χ0) is 18.5. The Hall–Kier alpha value is -3.26. The van der Waals surface area contributed by atoms with Crippen molar-refractivity contribution in [3.8, 4) is 0 Å². The van der Waals surface area contributed by atoms with Crippen molar-refractivity contribution in [2.75, 3.05) is 17.2 Å². The van der Waals surface area contributed by atoms with Crippen molar-refractivity contribution in [2.45, 2.75) is 20.5 Å². The van der Waals surface area contributed by atoms with Gasteiger partial charge in [0.2, 0.25) is 0 Å². The maximum atomic E-state index is 11.6. The Bertz CT molecular complexity index is 944. The molecule has 0 bridgehead atoms. The van der Waals surface area contributed by atoms with E-state index in [4.69, 9.17) is 0 Å². The average Bonchev–Trinajstić information content (AvgIpc) is 2.63. The predicted molar refractivity (Wildman–Crippen MR) is 100 cm³/mol. The monoisotopic (exact) mass is 352 g/mol. The van der Waals surface area contributed by atoms with Gasteiger partial charge in [-0.1, -0.05) is 12.1 Å². The van der Waals surface area contributed by atoms with E-state index in [0.717, 1.165) is 16.8 Å². The smallest absolute Gasteiger partial charge is 0.320 e. The number of nitrogens with one attached hydrogen (secondary N) is 3. The molecule has 3 aromatic rings. The van der Waals surface area contributed by atoms with E-state index >= 15 is 0 Å². The number of hydrogen-bond donors (Lipinski definition) is 4. The number of urea groups is 1. The molecule has 0 unspecified atom stereocenters. The van der Waals surface area contributed by atoms with Crippen molar-refractivity contribution in [3.05, 3.63) is 47.7 Å². The first-order valence-electron chi connectivity index (χ1n) is 8.25. The molecule has 0 saturated carbocycles. The molecule has 8 nitrogen and oxygen atoms in total. The molecule has 134 valence electrons. The predicted octanol–water partition coefficient (Wildman–Crippen LogP) is 2.71. The molecule has 2 aromatic heterocycles. The van der Waals surface area contributed by atoms with E-state index < -0.39 is 0 Å². The molecule has 1 aromatic carbocycles. The molecule has 3 rings (SSSR count). The lowest BCUT2D eigenvalue weighted by Crippen LogP contribution is -2.28. The Morgan fingerprint density at radius 1 is 1.15 bits per heavy atom. The number of pyridine rings is 1. The van der Waals surface area contributed by atoms with Gasteiger partial charge >= 0.3 is 6.03 Å². The number of nitrogens with zero attached hydrogens (tertiary/aromatic N) is 3. The van der Waals surface area contributed by atoms with Crippen LogP contribution in [-0.2, 0) is 6.61 Å². The summed E-state index contributed by atoms with van der Waals surface area (Å²) in [5, 5.41) is 17.9. The molecular formula is C18H20N6O2. The number of carbonyl (C=O) groups excluding carboxylic acids is 1. The Kier molecular flexibility index (Phi) is 5.23. The SMILES string of the molecule is CCNC(=O)Nc1ccc2ncc(Nc3cccc(CO)c3C)nc2n1. The van der Waals surface area contributed by atoms with Crippen molar-refractivity contribution >= 4 is 34.5 Å². The molecule has 0 aliphatic heterocycles. The van der Waals surface area contributed by atoms with E-state index in [2.05, 4.69) is 30.9 Å². The summed E-state index contributed by atoms with van der Waals surface area (Å²) in [6.07, 6.45) is 1.62. The van der Waals surface area contributed by atoms with Crippen molar-refractivity contribution in [1.29, 1.82) is 0 Å². The summed E-state index contributed by atoms with van der Waals surface area (Å²) in [5.41, 5.74) is 3.66. The van der Waals surface area contributed by atoms with Crippen LogP contribution in [0.5, 0.6) is 0 Å². The van der Waals surface area contributed by atoms with Gasteiger partial charge in [0, 0.05) is 12.2 Å². The Balaban J connectivity index is 1.87. The standard InChI is InChI=1S/C18H20N6O2/c1-3-19-18(26)24-15-8-7-14-17(22-15)23-16(9-20-14)21-13-6-4-5-12(10-25)11(13)2/h4-9,25H,3,10H2,1-2H3,(H3,19,21,22,23,24,26). The fourth-order valence-electron chi connectivity index (χ4n) is 2.48. The van der Waals surface area contributed by atoms with Gasteiger partial charge in [0.15, 0.2) is 11.5 Å². The second kappa shape index (κ2) is 7.75. The van der Waals surface area contributed by atoms with E-state index in [-0.39, 0.29) is 12.6 Å². The fourth-order valence-corrected chi connectivity index (χ4v) is 2.48. The number of aliphatic hydroxyl groups excluding tert-OH is 1. The second-order valence-corrected chi connectivity index (χ2v) is 5.65. The Morgan fingerprint density at radius 3 is 2.73 bits per heavy atom. The molecule has 0 atom stereocenters. The maximum Gasteiger partial charge on any atom is 0.320 e. The van der Waals surface area contributed by atoms with Gasteiger partial charge < -0.3 is 15.7 Å². The molecular weight excluding hydrogens is 332 g/mol. The number of carbonyl (C=O) groups is 1. The summed E-state index contributed by atoms with van der Waals surface area (Å²) in [6.45, 7) is 4.26. The highest BCUT2D eigenvalue weighted by atomic mass is 16.3. The number of hydrogen-bond acceptors (Lipinski definition) is 6. The topological polar surface area (TPSA) is 112 Å². The van der Waals surface area contributed by atoms with Crippen molar-refractivity contribution in [1.82, 2.24) is 20.3 Å². The number of fused-ring (bicyclic) bond motifs is 1. The lowest BCUT2D eigenvalue weighted by atomic mass is 10.1. The number of rotatable bonds is 5. The highest BCUT2D eigenvalue weighted by molar-refractivity contribution is 5.89. The van der Waals surface area contributed by atoms with E-state index in [0.29, 0.717) is 29.3 Å². The molecule has 2 heterocycles. The third-order valence-corrected chi connectivity index (χ3v) is 3.86. The summed E-state index contributed by atoms with van der Waals surface area (Å²) in [6, 6.07) is 8.74. The molecule has 0 aliphatic rings. The largest absolute Gasteiger partial charge is 0.392 e. The van der Waals surface area contributed by atoms with Crippen LogP contribution in [0.25, 0.3) is 11.2 Å². The van der Waals surface area contributed by atoms with Crippen LogP contribution in [0.4, 0.5) is 22.1 Å². The maximum absolute atomic E-state index is 11.6. The first-order chi connectivity index (χ1) is 12.6. The lowest BCUT2D eigenvalue weighted by molar-refractivity contribution is 0.252. The molecule has 4 N–H and O–H groups in total. The molecule has 0 spiro atoms. The average molecular weight is 352 g/mol. The van der Waals surface area contributed by atoms with Gasteiger partial charge in [0.05, 0.1) is 12.8 Å². The molecule has 0 saturated heterocycles. The van der Waals surface area contributed by atoms with E-state index in [9.17, 15) is 9.90 Å². The summed E-state index contributed by atoms with van der Waals surface area (Å²) in [7, 11) is 0. The van der Waals surface area contributed by atoms with Gasteiger partial charge in [0.1, 0.15) is 11.3 Å². The van der Waals surface area contributed by atoms with Crippen LogP contribution in [-0.4, -0.2) is 32.6 Å². The zero-order valence-electron chi connectivity index (χ0n) is 14.6. The minimum Gasteiger partial charge on any atom is -0.392 e. The van der Waals surface area contributed by atoms with E-state index in [1.165, 1.54) is 0 Å². The van der Waals surface area contributed by atoms with Crippen LogP contribution in [0, 0.1) is 6.92 Å². The minimum atomic E-state index is -0.321. The van der Waals surface area contributed by atoms with Gasteiger partial charge in [-0.2, -0.15) is 0 Å². The van der Waals surface area contributed by atoms with Gasteiger partial charge in [0.25, 0.3) is 0 Å². The zero-order valence-corrected chi connectivity index (χ0v) is 14.6. The molecule has 26 heavy (non-hydrogen) atoms. The summed E-state index contributed by atoms with van der Waals surface area (Å²) >= 11 is 0. The number of aromatic nitrogens is 3. The summed E-state index contributed by atoms with van der Waals surface area (Å²) < 4.78 is 0. The minimum absolute atomic E-state index is 0.0266. The first-order valence-corrected chi connectivity index (χ1v) is 8.25. The second-order valence-electron chi connectivity index (χ2n) is 5.65. The van der Waals surface area contributed by atoms with Crippen LogP contribution in [0.1, 0.15) is 18.1 Å². The fraction of sp³-hybridized carbons (Fsp3) is 0.222. The highest BCUT2D eigenvalue weighted by Crippen LogP contribution is 2.23. The highest BCUT2D eigenvalue weighted by Gasteiger charge is 2.08. The van der Waals surface area contributed by atoms with Crippen molar-refractivity contribution < 1.29 is 9.90 Å². The lowest BCUT2D eigenvalue weighted by Gasteiger charge is -2.12. The molecule has 2 amide bonds. The number of aliphatic hydroxyl groups is 1. The van der Waals surface area contributed by atoms with Crippen LogP contribution >= 0.6 is 0 Å². The number of amides is 2. The summed E-state index contributed by atoms with van der Waals surface area (Å²) in [5.74, 6) is 0.923. The van der Waals surface area contributed by atoms with E-state index in [1.807, 2.05) is 32.0 Å². The van der Waals surface area contributed by atoms with Crippen LogP contribution < -0.4 is 16.0 Å². The Labute approximate surface area is 150 Å². The van der Waals surface area contributed by atoms with Crippen molar-refractivity contribution in [3.63, 3.8) is 0 Å². The van der Waals surface area contributed by atoms with Crippen LogP contribution in [0.2, 0.25) is 0 Å². The quantitative estimate of drug-likeness (QED) is 0.562. The number of anilines is 3. The van der Waals surface area contributed by atoms with E-state index in [1.54, 1.807) is 18.3 Å². The molecule has 0 radical (unpaired) electrons. The third-order valence-electron chi connectivity index (χ3n) is 3.86. The molecule has 8 heteroatoms. The van der Waals surface area contributed by atoms with Gasteiger partial charge in [-0.05, 0) is 43.2 Å². The van der Waals surface area contributed by atoms with Gasteiger partial charge in [-0.15, -0.1) is 0 Å². The summed E-state index contributed by atoms with van der Waals surface area (Å²) in [4.78, 5) is 24.8. The van der Waals surface area contributed by atoms with Crippen LogP contribution in [0.15, 0.2) is 36.5 Å². The Morgan fingerprint density at radius 2 is 1.96 bits per heavy atom. The molecule has 0 aliphatic carbocycles. The third kappa shape index (κ3) is 3.86. The first kappa shape index (κ1) is 17.6. The number of benzene rings is 1. The molecule has 0 fully saturated rings. The van der Waals surface area contributed by atoms with Crippen LogP contribution in [0.3, 0.4) is 0 Å². The van der Waals surface area contributed by atoms with Crippen molar-refractivity contribution in [2.24, 2.45) is 0 Å².